The Morgan fingerprint density at radius 3 is 2.55 bits per heavy atom. The first-order valence-corrected chi connectivity index (χ1v) is 7.83. The van der Waals surface area contributed by atoms with Gasteiger partial charge in [0.05, 0.1) is 5.60 Å². The van der Waals surface area contributed by atoms with Gasteiger partial charge in [-0.05, 0) is 30.7 Å². The Bertz CT molecular complexity index is 410. The Morgan fingerprint density at radius 1 is 1.20 bits per heavy atom. The van der Waals surface area contributed by atoms with Gasteiger partial charge in [-0.25, -0.2) is 0 Å². The minimum absolute atomic E-state index is 0.504. The van der Waals surface area contributed by atoms with Gasteiger partial charge in [0.15, 0.2) is 0 Å². The quantitative estimate of drug-likeness (QED) is 0.836. The van der Waals surface area contributed by atoms with Crippen LogP contribution in [0, 0.1) is 5.92 Å². The largest absolute Gasteiger partial charge is 0.388 e. The SMILES string of the molecule is OC1(CNC(Cc2ccccc2)C2CC2)CCOCC1. The summed E-state index contributed by atoms with van der Waals surface area (Å²) in [7, 11) is 0. The zero-order valence-electron chi connectivity index (χ0n) is 12.1. The second-order valence-electron chi connectivity index (χ2n) is 6.35. The number of nitrogens with one attached hydrogen (secondary N) is 1. The molecule has 110 valence electrons. The van der Waals surface area contributed by atoms with E-state index in [1.54, 1.807) is 0 Å². The highest BCUT2D eigenvalue weighted by Crippen LogP contribution is 2.34. The summed E-state index contributed by atoms with van der Waals surface area (Å²) in [6.07, 6.45) is 5.22. The van der Waals surface area contributed by atoms with E-state index in [9.17, 15) is 5.11 Å². The van der Waals surface area contributed by atoms with Crippen LogP contribution in [0.3, 0.4) is 0 Å². The summed E-state index contributed by atoms with van der Waals surface area (Å²) in [5.41, 5.74) is 0.818. The van der Waals surface area contributed by atoms with E-state index in [1.165, 1.54) is 18.4 Å². The fourth-order valence-electron chi connectivity index (χ4n) is 3.02. The number of hydrogen-bond donors (Lipinski definition) is 2. The molecule has 1 aromatic carbocycles. The molecule has 20 heavy (non-hydrogen) atoms. The number of hydrogen-bond acceptors (Lipinski definition) is 3. The van der Waals surface area contributed by atoms with E-state index in [2.05, 4.69) is 35.6 Å². The van der Waals surface area contributed by atoms with Crippen LogP contribution < -0.4 is 5.32 Å². The predicted octanol–water partition coefficient (Wildman–Crippen LogP) is 2.14. The summed E-state index contributed by atoms with van der Waals surface area (Å²) in [5, 5.41) is 14.2. The van der Waals surface area contributed by atoms with Gasteiger partial charge >= 0.3 is 0 Å². The smallest absolute Gasteiger partial charge is 0.0815 e. The number of rotatable bonds is 6. The Kier molecular flexibility index (Phi) is 4.39. The molecule has 1 aromatic rings. The van der Waals surface area contributed by atoms with Gasteiger partial charge in [-0.3, -0.25) is 0 Å². The lowest BCUT2D eigenvalue weighted by atomic mass is 9.93. The fraction of sp³-hybridized carbons (Fsp3) is 0.647. The molecular weight excluding hydrogens is 250 g/mol. The maximum Gasteiger partial charge on any atom is 0.0815 e. The van der Waals surface area contributed by atoms with E-state index in [0.717, 1.165) is 25.2 Å². The summed E-state index contributed by atoms with van der Waals surface area (Å²) in [6.45, 7) is 2.07. The van der Waals surface area contributed by atoms with Crippen molar-refractivity contribution in [3.05, 3.63) is 35.9 Å². The second kappa shape index (κ2) is 6.25. The minimum atomic E-state index is -0.567. The van der Waals surface area contributed by atoms with Crippen molar-refractivity contribution < 1.29 is 9.84 Å². The van der Waals surface area contributed by atoms with Crippen LogP contribution in [-0.2, 0) is 11.2 Å². The van der Waals surface area contributed by atoms with Crippen LogP contribution in [0.25, 0.3) is 0 Å². The molecule has 1 atom stereocenters. The molecule has 2 fully saturated rings. The Hall–Kier alpha value is -0.900. The highest BCUT2D eigenvalue weighted by molar-refractivity contribution is 5.16. The first kappa shape index (κ1) is 14.1. The van der Waals surface area contributed by atoms with E-state index in [1.807, 2.05) is 0 Å². The fourth-order valence-corrected chi connectivity index (χ4v) is 3.02. The third-order valence-corrected chi connectivity index (χ3v) is 4.61. The number of ether oxygens (including phenoxy) is 1. The molecule has 1 aliphatic heterocycles. The molecule has 0 amide bonds. The molecule has 3 rings (SSSR count). The molecule has 3 nitrogen and oxygen atoms in total. The third-order valence-electron chi connectivity index (χ3n) is 4.61. The van der Waals surface area contributed by atoms with Gasteiger partial charge in [0, 0.05) is 38.6 Å². The van der Waals surface area contributed by atoms with Crippen molar-refractivity contribution in [1.29, 1.82) is 0 Å². The summed E-state index contributed by atoms with van der Waals surface area (Å²) in [4.78, 5) is 0. The van der Waals surface area contributed by atoms with E-state index >= 15 is 0 Å². The lowest BCUT2D eigenvalue weighted by Crippen LogP contribution is -2.48. The Balaban J connectivity index is 1.55. The third kappa shape index (κ3) is 3.81. The molecular formula is C17H25NO2. The van der Waals surface area contributed by atoms with Crippen LogP contribution in [0.5, 0.6) is 0 Å². The highest BCUT2D eigenvalue weighted by Gasteiger charge is 2.35. The zero-order valence-corrected chi connectivity index (χ0v) is 12.1. The van der Waals surface area contributed by atoms with Crippen LogP contribution in [0.1, 0.15) is 31.2 Å². The normalized spacial score (nSPS) is 23.4. The summed E-state index contributed by atoms with van der Waals surface area (Å²) in [6, 6.07) is 11.2. The van der Waals surface area contributed by atoms with Crippen molar-refractivity contribution in [2.24, 2.45) is 5.92 Å². The maximum atomic E-state index is 10.5. The van der Waals surface area contributed by atoms with Gasteiger partial charge in [0.2, 0.25) is 0 Å². The monoisotopic (exact) mass is 275 g/mol. The van der Waals surface area contributed by atoms with Crippen molar-refractivity contribution in [2.75, 3.05) is 19.8 Å². The van der Waals surface area contributed by atoms with Crippen LogP contribution in [-0.4, -0.2) is 36.5 Å². The van der Waals surface area contributed by atoms with Crippen molar-refractivity contribution in [3.63, 3.8) is 0 Å². The molecule has 1 unspecified atom stereocenters. The van der Waals surface area contributed by atoms with Crippen molar-refractivity contribution in [2.45, 2.75) is 43.7 Å². The van der Waals surface area contributed by atoms with E-state index in [0.29, 0.717) is 25.8 Å². The van der Waals surface area contributed by atoms with Gasteiger partial charge in [-0.15, -0.1) is 0 Å². The lowest BCUT2D eigenvalue weighted by molar-refractivity contribution is -0.0630. The van der Waals surface area contributed by atoms with Crippen molar-refractivity contribution in [1.82, 2.24) is 5.32 Å². The summed E-state index contributed by atoms with van der Waals surface area (Å²) >= 11 is 0. The topological polar surface area (TPSA) is 41.5 Å². The van der Waals surface area contributed by atoms with Gasteiger partial charge in [0.1, 0.15) is 0 Å². The first-order valence-electron chi connectivity index (χ1n) is 7.83. The molecule has 1 aliphatic carbocycles. The molecule has 3 heteroatoms. The van der Waals surface area contributed by atoms with Crippen molar-refractivity contribution >= 4 is 0 Å². The maximum absolute atomic E-state index is 10.5. The standard InChI is InChI=1S/C17H25NO2/c19-17(8-10-20-11-9-17)13-18-16(15-6-7-15)12-14-4-2-1-3-5-14/h1-5,15-16,18-19H,6-13H2. The van der Waals surface area contributed by atoms with Crippen molar-refractivity contribution in [3.8, 4) is 0 Å². The molecule has 1 heterocycles. The van der Waals surface area contributed by atoms with Crippen LogP contribution >= 0.6 is 0 Å². The molecule has 0 bridgehead atoms. The lowest BCUT2D eigenvalue weighted by Gasteiger charge is -2.34. The van der Waals surface area contributed by atoms with Gasteiger partial charge in [-0.1, -0.05) is 30.3 Å². The van der Waals surface area contributed by atoms with Gasteiger partial charge < -0.3 is 15.2 Å². The average Bonchev–Trinajstić information content (AvgIpc) is 3.30. The molecule has 0 aromatic heterocycles. The minimum Gasteiger partial charge on any atom is -0.388 e. The van der Waals surface area contributed by atoms with Crippen LogP contribution in [0.15, 0.2) is 30.3 Å². The Morgan fingerprint density at radius 2 is 1.90 bits per heavy atom. The van der Waals surface area contributed by atoms with E-state index in [4.69, 9.17) is 4.74 Å². The average molecular weight is 275 g/mol. The van der Waals surface area contributed by atoms with Gasteiger partial charge in [-0.2, -0.15) is 0 Å². The van der Waals surface area contributed by atoms with Crippen LogP contribution in [0.4, 0.5) is 0 Å². The molecule has 0 radical (unpaired) electrons. The number of aliphatic hydroxyl groups is 1. The number of benzene rings is 1. The Labute approximate surface area is 121 Å². The van der Waals surface area contributed by atoms with Crippen LogP contribution in [0.2, 0.25) is 0 Å². The van der Waals surface area contributed by atoms with Gasteiger partial charge in [0.25, 0.3) is 0 Å². The first-order chi connectivity index (χ1) is 9.75. The second-order valence-corrected chi connectivity index (χ2v) is 6.35. The van der Waals surface area contributed by atoms with E-state index < -0.39 is 5.60 Å². The predicted molar refractivity (Wildman–Crippen MR) is 79.7 cm³/mol. The molecule has 1 saturated carbocycles. The molecule has 1 saturated heterocycles. The zero-order chi connectivity index (χ0) is 13.8. The summed E-state index contributed by atoms with van der Waals surface area (Å²) < 4.78 is 5.34. The molecule has 0 spiro atoms. The summed E-state index contributed by atoms with van der Waals surface area (Å²) in [5.74, 6) is 0.790. The molecule has 2 aliphatic rings. The molecule has 2 N–H and O–H groups in total. The van der Waals surface area contributed by atoms with E-state index in [-0.39, 0.29) is 0 Å². The highest BCUT2D eigenvalue weighted by atomic mass is 16.5.